The second kappa shape index (κ2) is 11.1. The van der Waals surface area contributed by atoms with Crippen molar-refractivity contribution in [3.63, 3.8) is 0 Å². The topological polar surface area (TPSA) is 94.0 Å². The van der Waals surface area contributed by atoms with Gasteiger partial charge in [-0.2, -0.15) is 5.10 Å². The van der Waals surface area contributed by atoms with Crippen LogP contribution in [0.25, 0.3) is 16.9 Å². The Morgan fingerprint density at radius 2 is 1.84 bits per heavy atom. The zero-order valence-corrected chi connectivity index (χ0v) is 22.4. The summed E-state index contributed by atoms with van der Waals surface area (Å²) < 4.78 is 7.29. The van der Waals surface area contributed by atoms with Gasteiger partial charge in [0.1, 0.15) is 17.3 Å². The van der Waals surface area contributed by atoms with Gasteiger partial charge in [-0.3, -0.25) is 5.32 Å². The molecular weight excluding hydrogens is 476 g/mol. The third-order valence-corrected chi connectivity index (χ3v) is 7.38. The van der Waals surface area contributed by atoms with Crippen LogP contribution in [0.2, 0.25) is 0 Å². The van der Waals surface area contributed by atoms with Crippen molar-refractivity contribution in [2.45, 2.75) is 58.6 Å². The van der Waals surface area contributed by atoms with E-state index in [0.29, 0.717) is 24.1 Å². The molecule has 38 heavy (non-hydrogen) atoms. The number of carbonyl (C=O) groups is 1. The van der Waals surface area contributed by atoms with Crippen LogP contribution in [0.3, 0.4) is 0 Å². The first-order chi connectivity index (χ1) is 18.4. The summed E-state index contributed by atoms with van der Waals surface area (Å²) >= 11 is 0. The van der Waals surface area contributed by atoms with Crippen molar-refractivity contribution in [3.05, 3.63) is 89.0 Å². The molecule has 5 rings (SSSR count). The van der Waals surface area contributed by atoms with Gasteiger partial charge >= 0.3 is 6.03 Å². The van der Waals surface area contributed by atoms with E-state index in [4.69, 9.17) is 9.84 Å². The molecule has 0 saturated heterocycles. The van der Waals surface area contributed by atoms with Crippen LogP contribution < -0.4 is 10.6 Å². The minimum Gasteiger partial charge on any atom is -0.377 e. The number of rotatable bonds is 8. The molecule has 196 valence electrons. The molecule has 0 aliphatic heterocycles. The van der Waals surface area contributed by atoms with Crippen molar-refractivity contribution >= 4 is 11.8 Å². The quantitative estimate of drug-likeness (QED) is 0.293. The standard InChI is InChI=1S/C30H34N6O2/c1-19-28(25-17-31-21(3)32-18-25)35-36(26-11-6-5-7-12-26)29(19)34-30(37)33-16-24-15-23(20(2)38-4)13-14-27(24)22-9-8-10-22/h5-7,11-15,17-18,20,22H,8-10,16H2,1-4H3,(H2,33,34,37). The second-order valence-electron chi connectivity index (χ2n) is 9.86. The highest BCUT2D eigenvalue weighted by atomic mass is 16.5. The molecule has 1 saturated carbocycles. The lowest BCUT2D eigenvalue weighted by atomic mass is 9.77. The zero-order chi connectivity index (χ0) is 26.6. The minimum atomic E-state index is -0.290. The number of aryl methyl sites for hydroxylation is 1. The fraction of sp³-hybridized carbons (Fsp3) is 0.333. The third-order valence-electron chi connectivity index (χ3n) is 7.38. The molecule has 0 spiro atoms. The summed E-state index contributed by atoms with van der Waals surface area (Å²) in [4.78, 5) is 21.9. The van der Waals surface area contributed by atoms with Crippen LogP contribution in [0.4, 0.5) is 10.6 Å². The Bertz CT molecular complexity index is 1410. The summed E-state index contributed by atoms with van der Waals surface area (Å²) in [6, 6.07) is 16.0. The molecule has 2 heterocycles. The predicted molar refractivity (Wildman–Crippen MR) is 148 cm³/mol. The lowest BCUT2D eigenvalue weighted by Gasteiger charge is -2.29. The lowest BCUT2D eigenvalue weighted by Crippen LogP contribution is -2.30. The summed E-state index contributed by atoms with van der Waals surface area (Å²) in [6.45, 7) is 6.26. The highest BCUT2D eigenvalue weighted by molar-refractivity contribution is 5.90. The van der Waals surface area contributed by atoms with Gasteiger partial charge in [-0.1, -0.05) is 42.8 Å². The molecule has 8 heteroatoms. The van der Waals surface area contributed by atoms with Gasteiger partial charge in [0.2, 0.25) is 0 Å². The number of anilines is 1. The number of urea groups is 1. The van der Waals surface area contributed by atoms with E-state index in [9.17, 15) is 4.79 Å². The lowest BCUT2D eigenvalue weighted by molar-refractivity contribution is 0.119. The van der Waals surface area contributed by atoms with Gasteiger partial charge in [-0.15, -0.1) is 0 Å². The number of para-hydroxylation sites is 1. The SMILES string of the molecule is COC(C)c1ccc(C2CCC2)c(CNC(=O)Nc2c(C)c(-c3cnc(C)nc3)nn2-c2ccccc2)c1. The maximum atomic E-state index is 13.2. The van der Waals surface area contributed by atoms with Gasteiger partial charge in [-0.25, -0.2) is 19.4 Å². The van der Waals surface area contributed by atoms with Crippen LogP contribution in [-0.4, -0.2) is 32.9 Å². The number of ether oxygens (including phenoxy) is 1. The number of carbonyl (C=O) groups excluding carboxylic acids is 1. The van der Waals surface area contributed by atoms with Crippen LogP contribution in [0, 0.1) is 13.8 Å². The van der Waals surface area contributed by atoms with Crippen molar-refractivity contribution in [3.8, 4) is 16.9 Å². The summed E-state index contributed by atoms with van der Waals surface area (Å²) in [5, 5.41) is 11.0. The number of aromatic nitrogens is 4. The average Bonchev–Trinajstić information content (AvgIpc) is 3.23. The van der Waals surface area contributed by atoms with E-state index < -0.39 is 0 Å². The first-order valence-corrected chi connectivity index (χ1v) is 13.1. The van der Waals surface area contributed by atoms with Crippen molar-refractivity contribution < 1.29 is 9.53 Å². The first-order valence-electron chi connectivity index (χ1n) is 13.1. The van der Waals surface area contributed by atoms with Crippen molar-refractivity contribution in [2.75, 3.05) is 12.4 Å². The normalized spacial score (nSPS) is 14.1. The third kappa shape index (κ3) is 5.31. The molecule has 1 aliphatic carbocycles. The Labute approximate surface area is 223 Å². The Kier molecular flexibility index (Phi) is 7.51. The Balaban J connectivity index is 1.41. The monoisotopic (exact) mass is 510 g/mol. The first kappa shape index (κ1) is 25.6. The maximum Gasteiger partial charge on any atom is 0.320 e. The van der Waals surface area contributed by atoms with E-state index in [0.717, 1.165) is 33.6 Å². The van der Waals surface area contributed by atoms with Crippen LogP contribution >= 0.6 is 0 Å². The molecule has 2 N–H and O–H groups in total. The fourth-order valence-corrected chi connectivity index (χ4v) is 4.80. The molecule has 4 aromatic rings. The number of hydrogen-bond donors (Lipinski definition) is 2. The summed E-state index contributed by atoms with van der Waals surface area (Å²) in [6.07, 6.45) is 7.15. The molecular formula is C30H34N6O2. The molecule has 2 amide bonds. The summed E-state index contributed by atoms with van der Waals surface area (Å²) in [5.74, 6) is 1.85. The van der Waals surface area contributed by atoms with Crippen LogP contribution in [-0.2, 0) is 11.3 Å². The van der Waals surface area contributed by atoms with Crippen molar-refractivity contribution in [2.24, 2.45) is 0 Å². The van der Waals surface area contributed by atoms with E-state index in [1.54, 1.807) is 24.2 Å². The van der Waals surface area contributed by atoms with Gasteiger partial charge in [-0.05, 0) is 68.4 Å². The second-order valence-corrected chi connectivity index (χ2v) is 9.86. The maximum absolute atomic E-state index is 13.2. The van der Waals surface area contributed by atoms with Gasteiger partial charge in [0.15, 0.2) is 0 Å². The summed E-state index contributed by atoms with van der Waals surface area (Å²) in [7, 11) is 1.71. The average molecular weight is 511 g/mol. The Morgan fingerprint density at radius 3 is 2.50 bits per heavy atom. The Hall–Kier alpha value is -4.04. The number of nitrogens with one attached hydrogen (secondary N) is 2. The van der Waals surface area contributed by atoms with Gasteiger partial charge in [0, 0.05) is 37.2 Å². The molecule has 2 aromatic heterocycles. The molecule has 8 nitrogen and oxygen atoms in total. The zero-order valence-electron chi connectivity index (χ0n) is 22.4. The highest BCUT2D eigenvalue weighted by Gasteiger charge is 2.24. The molecule has 0 radical (unpaired) electrons. The number of benzene rings is 2. The van der Waals surface area contributed by atoms with Crippen LogP contribution in [0.1, 0.15) is 66.3 Å². The van der Waals surface area contributed by atoms with E-state index in [-0.39, 0.29) is 12.1 Å². The number of methoxy groups -OCH3 is 1. The van der Waals surface area contributed by atoms with Crippen molar-refractivity contribution in [1.29, 1.82) is 0 Å². The molecule has 2 aromatic carbocycles. The molecule has 1 atom stereocenters. The number of nitrogens with zero attached hydrogens (tertiary/aromatic N) is 4. The minimum absolute atomic E-state index is 0.00920. The van der Waals surface area contributed by atoms with E-state index in [2.05, 4.69) is 38.8 Å². The van der Waals surface area contributed by atoms with Crippen molar-refractivity contribution in [1.82, 2.24) is 25.1 Å². The number of hydrogen-bond acceptors (Lipinski definition) is 5. The smallest absolute Gasteiger partial charge is 0.320 e. The molecule has 1 aliphatic rings. The molecule has 0 bridgehead atoms. The molecule has 1 fully saturated rings. The fourth-order valence-electron chi connectivity index (χ4n) is 4.80. The van der Waals surface area contributed by atoms with E-state index in [1.807, 2.05) is 51.1 Å². The highest BCUT2D eigenvalue weighted by Crippen LogP contribution is 2.39. The van der Waals surface area contributed by atoms with E-state index >= 15 is 0 Å². The number of amides is 2. The van der Waals surface area contributed by atoms with Crippen LogP contribution in [0.5, 0.6) is 0 Å². The summed E-state index contributed by atoms with van der Waals surface area (Å²) in [5.41, 5.74) is 6.75. The van der Waals surface area contributed by atoms with Gasteiger partial charge in [0.05, 0.1) is 11.8 Å². The van der Waals surface area contributed by atoms with Crippen LogP contribution in [0.15, 0.2) is 60.9 Å². The largest absolute Gasteiger partial charge is 0.377 e. The van der Waals surface area contributed by atoms with E-state index in [1.165, 1.54) is 24.8 Å². The van der Waals surface area contributed by atoms with Gasteiger partial charge in [0.25, 0.3) is 0 Å². The predicted octanol–water partition coefficient (Wildman–Crippen LogP) is 6.24. The Morgan fingerprint density at radius 1 is 1.11 bits per heavy atom. The molecule has 1 unspecified atom stereocenters. The van der Waals surface area contributed by atoms with Gasteiger partial charge < -0.3 is 10.1 Å².